The number of ether oxygens (including phenoxy) is 3. The Morgan fingerprint density at radius 1 is 0.920 bits per heavy atom. The molecule has 4 nitrogen and oxygen atoms in total. The number of nitrogens with two attached hydrogens (primary N) is 1. The second-order valence-corrected chi connectivity index (χ2v) is 6.25. The minimum atomic E-state index is 0.334. The molecule has 0 aliphatic rings. The zero-order valence-corrected chi connectivity index (χ0v) is 16.0. The van der Waals surface area contributed by atoms with Crippen LogP contribution in [0.3, 0.4) is 0 Å². The normalized spacial score (nSPS) is 10.4. The minimum absolute atomic E-state index is 0.334. The smallest absolute Gasteiger partial charge is 0.161 e. The van der Waals surface area contributed by atoms with E-state index in [9.17, 15) is 0 Å². The van der Waals surface area contributed by atoms with Crippen molar-refractivity contribution in [2.24, 2.45) is 5.73 Å². The Kier molecular flexibility index (Phi) is 6.65. The quantitative estimate of drug-likeness (QED) is 0.568. The predicted octanol–water partition coefficient (Wildman–Crippen LogP) is 4.10. The van der Waals surface area contributed by atoms with Gasteiger partial charge in [0, 0.05) is 5.56 Å². The van der Waals surface area contributed by atoms with Crippen LogP contribution >= 0.6 is 12.2 Å². The largest absolute Gasteiger partial charge is 0.490 e. The van der Waals surface area contributed by atoms with Crippen molar-refractivity contribution in [3.63, 3.8) is 0 Å². The SMILES string of the molecule is CCOc1cc(C(N)=S)ccc1OCCOc1c(C)ccc(C)c1C. The van der Waals surface area contributed by atoms with Gasteiger partial charge in [-0.2, -0.15) is 0 Å². The molecule has 0 aliphatic heterocycles. The molecule has 0 fully saturated rings. The fourth-order valence-corrected chi connectivity index (χ4v) is 2.62. The molecular formula is C20H25NO3S. The van der Waals surface area contributed by atoms with Gasteiger partial charge in [0.2, 0.25) is 0 Å². The van der Waals surface area contributed by atoms with Crippen molar-refractivity contribution in [3.05, 3.63) is 52.6 Å². The maximum atomic E-state index is 5.93. The standard InChI is InChI=1S/C20H25NO3S/c1-5-22-18-12-16(20(21)25)8-9-17(18)23-10-11-24-19-14(3)7-6-13(2)15(19)4/h6-9,12H,5,10-11H2,1-4H3,(H2,21,25). The number of aryl methyl sites for hydroxylation is 2. The summed E-state index contributed by atoms with van der Waals surface area (Å²) < 4.78 is 17.4. The topological polar surface area (TPSA) is 53.7 Å². The lowest BCUT2D eigenvalue weighted by Crippen LogP contribution is -2.12. The van der Waals surface area contributed by atoms with E-state index in [1.807, 2.05) is 26.0 Å². The monoisotopic (exact) mass is 359 g/mol. The van der Waals surface area contributed by atoms with Gasteiger partial charge in [0.05, 0.1) is 6.61 Å². The third-order valence-electron chi connectivity index (χ3n) is 3.99. The summed E-state index contributed by atoms with van der Waals surface area (Å²) in [4.78, 5) is 0.334. The molecule has 0 aromatic heterocycles. The van der Waals surface area contributed by atoms with Crippen LogP contribution < -0.4 is 19.9 Å². The third kappa shape index (κ3) is 4.86. The summed E-state index contributed by atoms with van der Waals surface area (Å²) >= 11 is 5.01. The van der Waals surface area contributed by atoms with Gasteiger partial charge in [0.15, 0.2) is 11.5 Å². The molecule has 0 bridgehead atoms. The Morgan fingerprint density at radius 2 is 1.60 bits per heavy atom. The zero-order chi connectivity index (χ0) is 18.4. The first-order valence-electron chi connectivity index (χ1n) is 8.33. The van der Waals surface area contributed by atoms with Crippen molar-refractivity contribution in [1.29, 1.82) is 0 Å². The summed E-state index contributed by atoms with van der Waals surface area (Å²) in [5.41, 5.74) is 9.93. The Morgan fingerprint density at radius 3 is 2.28 bits per heavy atom. The van der Waals surface area contributed by atoms with E-state index in [1.165, 1.54) is 5.56 Å². The van der Waals surface area contributed by atoms with Crippen LogP contribution in [0.15, 0.2) is 30.3 Å². The van der Waals surface area contributed by atoms with Gasteiger partial charge in [-0.15, -0.1) is 0 Å². The lowest BCUT2D eigenvalue weighted by Gasteiger charge is -2.16. The van der Waals surface area contributed by atoms with Gasteiger partial charge >= 0.3 is 0 Å². The molecule has 2 N–H and O–H groups in total. The molecule has 0 unspecified atom stereocenters. The maximum Gasteiger partial charge on any atom is 0.161 e. The fourth-order valence-electron chi connectivity index (χ4n) is 2.49. The molecule has 0 saturated carbocycles. The number of thiocarbonyl (C=S) groups is 1. The van der Waals surface area contributed by atoms with E-state index in [0.717, 1.165) is 22.4 Å². The highest BCUT2D eigenvalue weighted by atomic mass is 32.1. The highest BCUT2D eigenvalue weighted by molar-refractivity contribution is 7.80. The molecule has 0 radical (unpaired) electrons. The van der Waals surface area contributed by atoms with Crippen molar-refractivity contribution < 1.29 is 14.2 Å². The van der Waals surface area contributed by atoms with Crippen LogP contribution in [0.2, 0.25) is 0 Å². The van der Waals surface area contributed by atoms with Crippen LogP contribution in [0.25, 0.3) is 0 Å². The number of hydrogen-bond acceptors (Lipinski definition) is 4. The van der Waals surface area contributed by atoms with Crippen LogP contribution in [0.1, 0.15) is 29.2 Å². The van der Waals surface area contributed by atoms with Gasteiger partial charge in [-0.05, 0) is 62.6 Å². The lowest BCUT2D eigenvalue weighted by atomic mass is 10.1. The summed E-state index contributed by atoms with van der Waals surface area (Å²) in [6.45, 7) is 9.52. The highest BCUT2D eigenvalue weighted by Gasteiger charge is 2.09. The molecule has 0 heterocycles. The summed E-state index contributed by atoms with van der Waals surface area (Å²) in [6, 6.07) is 9.63. The first kappa shape index (κ1) is 19.1. The molecule has 2 aromatic carbocycles. The minimum Gasteiger partial charge on any atom is -0.490 e. The van der Waals surface area contributed by atoms with Gasteiger partial charge in [0.25, 0.3) is 0 Å². The van der Waals surface area contributed by atoms with Crippen molar-refractivity contribution in [3.8, 4) is 17.2 Å². The molecule has 0 atom stereocenters. The molecule has 25 heavy (non-hydrogen) atoms. The lowest BCUT2D eigenvalue weighted by molar-refractivity contribution is 0.207. The maximum absolute atomic E-state index is 5.93. The van der Waals surface area contributed by atoms with Crippen LogP contribution in [-0.2, 0) is 0 Å². The van der Waals surface area contributed by atoms with E-state index in [0.29, 0.717) is 36.3 Å². The molecule has 0 saturated heterocycles. The first-order chi connectivity index (χ1) is 11.9. The Balaban J connectivity index is 2.00. The van der Waals surface area contributed by atoms with E-state index in [-0.39, 0.29) is 0 Å². The molecule has 0 spiro atoms. The van der Waals surface area contributed by atoms with Crippen LogP contribution in [0.5, 0.6) is 17.2 Å². The van der Waals surface area contributed by atoms with Gasteiger partial charge in [-0.1, -0.05) is 24.4 Å². The van der Waals surface area contributed by atoms with Gasteiger partial charge in [-0.25, -0.2) is 0 Å². The van der Waals surface area contributed by atoms with Crippen molar-refractivity contribution in [1.82, 2.24) is 0 Å². The fraction of sp³-hybridized carbons (Fsp3) is 0.350. The van der Waals surface area contributed by atoms with E-state index in [4.69, 9.17) is 32.2 Å². The average molecular weight is 359 g/mol. The van der Waals surface area contributed by atoms with E-state index in [2.05, 4.69) is 26.0 Å². The summed E-state index contributed by atoms with van der Waals surface area (Å²) in [5.74, 6) is 2.22. The zero-order valence-electron chi connectivity index (χ0n) is 15.2. The number of benzene rings is 2. The van der Waals surface area contributed by atoms with Gasteiger partial charge in [0.1, 0.15) is 24.0 Å². The average Bonchev–Trinajstić information content (AvgIpc) is 2.58. The highest BCUT2D eigenvalue weighted by Crippen LogP contribution is 2.29. The molecule has 0 aliphatic carbocycles. The van der Waals surface area contributed by atoms with Crippen LogP contribution in [0.4, 0.5) is 0 Å². The van der Waals surface area contributed by atoms with Gasteiger partial charge < -0.3 is 19.9 Å². The summed E-state index contributed by atoms with van der Waals surface area (Å²) in [7, 11) is 0. The van der Waals surface area contributed by atoms with E-state index in [1.54, 1.807) is 6.07 Å². The Labute approximate surface area is 154 Å². The Hall–Kier alpha value is -2.27. The van der Waals surface area contributed by atoms with Crippen molar-refractivity contribution >= 4 is 17.2 Å². The molecule has 5 heteroatoms. The molecule has 2 aromatic rings. The van der Waals surface area contributed by atoms with Crippen molar-refractivity contribution in [2.75, 3.05) is 19.8 Å². The Bertz CT molecular complexity index is 759. The number of hydrogen-bond donors (Lipinski definition) is 1. The number of rotatable bonds is 8. The second kappa shape index (κ2) is 8.72. The molecule has 134 valence electrons. The van der Waals surface area contributed by atoms with E-state index >= 15 is 0 Å². The van der Waals surface area contributed by atoms with Gasteiger partial charge in [-0.3, -0.25) is 0 Å². The summed E-state index contributed by atoms with van der Waals surface area (Å²) in [6.07, 6.45) is 0. The van der Waals surface area contributed by atoms with Crippen LogP contribution in [0, 0.1) is 20.8 Å². The van der Waals surface area contributed by atoms with Crippen molar-refractivity contribution in [2.45, 2.75) is 27.7 Å². The molecular weight excluding hydrogens is 334 g/mol. The first-order valence-corrected chi connectivity index (χ1v) is 8.74. The second-order valence-electron chi connectivity index (χ2n) is 5.81. The predicted molar refractivity (Wildman–Crippen MR) is 105 cm³/mol. The third-order valence-corrected chi connectivity index (χ3v) is 4.22. The summed E-state index contributed by atoms with van der Waals surface area (Å²) in [5, 5.41) is 0. The van der Waals surface area contributed by atoms with Crippen LogP contribution in [-0.4, -0.2) is 24.8 Å². The molecule has 2 rings (SSSR count). The van der Waals surface area contributed by atoms with E-state index < -0.39 is 0 Å². The molecule has 0 amide bonds.